The highest BCUT2D eigenvalue weighted by Crippen LogP contribution is 2.07. The van der Waals surface area contributed by atoms with Crippen LogP contribution in [0.3, 0.4) is 0 Å². The number of nitrogen functional groups attached to an aromatic ring is 1. The predicted octanol–water partition coefficient (Wildman–Crippen LogP) is 2.97. The summed E-state index contributed by atoms with van der Waals surface area (Å²) >= 11 is 0. The maximum atomic E-state index is 5.75. The Morgan fingerprint density at radius 1 is 1.43 bits per heavy atom. The number of rotatable bonds is 7. The molecule has 5 nitrogen and oxygen atoms in total. The minimum Gasteiger partial charge on any atom is -0.377 e. The van der Waals surface area contributed by atoms with Crippen LogP contribution in [0, 0.1) is 6.92 Å². The second-order valence-electron chi connectivity index (χ2n) is 4.98. The molecule has 21 heavy (non-hydrogen) atoms. The summed E-state index contributed by atoms with van der Waals surface area (Å²) in [6.45, 7) is 5.48. The first-order valence-electron chi connectivity index (χ1n) is 7.21. The predicted molar refractivity (Wildman–Crippen MR) is 85.4 cm³/mol. The van der Waals surface area contributed by atoms with Crippen LogP contribution in [0.25, 0.3) is 0 Å². The van der Waals surface area contributed by atoms with Gasteiger partial charge in [0, 0.05) is 6.61 Å². The van der Waals surface area contributed by atoms with Gasteiger partial charge in [0.2, 0.25) is 5.95 Å². The van der Waals surface area contributed by atoms with Crippen LogP contribution >= 0.6 is 0 Å². The Kier molecular flexibility index (Phi) is 5.51. The van der Waals surface area contributed by atoms with Crippen molar-refractivity contribution >= 4 is 12.2 Å². The van der Waals surface area contributed by atoms with Crippen molar-refractivity contribution in [2.75, 3.05) is 12.3 Å². The zero-order chi connectivity index (χ0) is 15.1. The minimum absolute atomic E-state index is 0.391. The molecule has 0 saturated carbocycles. The van der Waals surface area contributed by atoms with Crippen molar-refractivity contribution in [1.29, 1.82) is 0 Å². The first-order valence-corrected chi connectivity index (χ1v) is 7.21. The van der Waals surface area contributed by atoms with Crippen LogP contribution in [0.2, 0.25) is 0 Å². The molecule has 1 aromatic heterocycles. The summed E-state index contributed by atoms with van der Waals surface area (Å²) in [4.78, 5) is 4.11. The molecule has 2 N–H and O–H groups in total. The van der Waals surface area contributed by atoms with Gasteiger partial charge in [0.1, 0.15) is 0 Å². The lowest BCUT2D eigenvalue weighted by molar-refractivity contribution is 0.118. The minimum atomic E-state index is 0.391. The van der Waals surface area contributed by atoms with Gasteiger partial charge in [-0.05, 0) is 30.5 Å². The lowest BCUT2D eigenvalue weighted by atomic mass is 10.1. The van der Waals surface area contributed by atoms with Crippen molar-refractivity contribution in [2.24, 2.45) is 5.10 Å². The molecule has 0 atom stereocenters. The van der Waals surface area contributed by atoms with Crippen LogP contribution < -0.4 is 5.73 Å². The molecule has 0 saturated heterocycles. The quantitative estimate of drug-likeness (QED) is 0.628. The number of nitrogens with zero attached hydrogens (tertiary/aromatic N) is 3. The number of anilines is 1. The van der Waals surface area contributed by atoms with Gasteiger partial charge in [-0.3, -0.25) is 0 Å². The van der Waals surface area contributed by atoms with Crippen molar-refractivity contribution in [1.82, 2.24) is 9.66 Å². The second kappa shape index (κ2) is 7.59. The van der Waals surface area contributed by atoms with Gasteiger partial charge in [-0.2, -0.15) is 5.10 Å². The molecule has 2 aromatic rings. The van der Waals surface area contributed by atoms with Gasteiger partial charge in [-0.1, -0.05) is 31.5 Å². The van der Waals surface area contributed by atoms with E-state index in [1.165, 1.54) is 0 Å². The maximum absolute atomic E-state index is 5.75. The number of hydrogen-bond donors (Lipinski definition) is 1. The number of aromatic nitrogens is 2. The first-order chi connectivity index (χ1) is 10.2. The largest absolute Gasteiger partial charge is 0.377 e. The monoisotopic (exact) mass is 286 g/mol. The Balaban J connectivity index is 1.99. The third kappa shape index (κ3) is 4.72. The SMILES string of the molecule is CCCCOCc1cccc(C=Nn2cc(C)nc2N)c1. The number of unbranched alkanes of at least 4 members (excludes halogenated alkanes) is 1. The van der Waals surface area contributed by atoms with Gasteiger partial charge in [0.25, 0.3) is 0 Å². The lowest BCUT2D eigenvalue weighted by Crippen LogP contribution is -1.98. The van der Waals surface area contributed by atoms with E-state index in [1.807, 2.05) is 19.1 Å². The van der Waals surface area contributed by atoms with Gasteiger partial charge in [0.05, 0.1) is 24.7 Å². The Labute approximate surface area is 125 Å². The van der Waals surface area contributed by atoms with E-state index >= 15 is 0 Å². The summed E-state index contributed by atoms with van der Waals surface area (Å²) in [6, 6.07) is 8.12. The number of hydrogen-bond acceptors (Lipinski definition) is 4. The zero-order valence-corrected chi connectivity index (χ0v) is 12.6. The third-order valence-electron chi connectivity index (χ3n) is 3.03. The fourth-order valence-corrected chi connectivity index (χ4v) is 1.92. The summed E-state index contributed by atoms with van der Waals surface area (Å²) in [6.07, 6.45) is 5.81. The maximum Gasteiger partial charge on any atom is 0.221 e. The molecule has 0 spiro atoms. The van der Waals surface area contributed by atoms with Crippen LogP contribution in [0.15, 0.2) is 35.6 Å². The molecule has 1 aromatic carbocycles. The summed E-state index contributed by atoms with van der Waals surface area (Å²) in [7, 11) is 0. The van der Waals surface area contributed by atoms with Crippen molar-refractivity contribution in [3.63, 3.8) is 0 Å². The molecular formula is C16H22N4O. The van der Waals surface area contributed by atoms with Gasteiger partial charge >= 0.3 is 0 Å². The first kappa shape index (κ1) is 15.3. The van der Waals surface area contributed by atoms with Crippen molar-refractivity contribution < 1.29 is 4.74 Å². The Bertz CT molecular complexity index is 604. The van der Waals surface area contributed by atoms with Gasteiger partial charge < -0.3 is 10.5 Å². The molecule has 0 aliphatic carbocycles. The number of aryl methyl sites for hydroxylation is 1. The molecule has 0 unspecified atom stereocenters. The fourth-order valence-electron chi connectivity index (χ4n) is 1.92. The van der Waals surface area contributed by atoms with E-state index in [1.54, 1.807) is 17.1 Å². The zero-order valence-electron chi connectivity index (χ0n) is 12.6. The van der Waals surface area contributed by atoms with E-state index in [9.17, 15) is 0 Å². The molecule has 0 aliphatic rings. The van der Waals surface area contributed by atoms with Gasteiger partial charge in [-0.15, -0.1) is 0 Å². The smallest absolute Gasteiger partial charge is 0.221 e. The highest BCUT2D eigenvalue weighted by atomic mass is 16.5. The summed E-state index contributed by atoms with van der Waals surface area (Å²) in [5.74, 6) is 0.391. The van der Waals surface area contributed by atoms with E-state index in [4.69, 9.17) is 10.5 Å². The Morgan fingerprint density at radius 3 is 3.00 bits per heavy atom. The second-order valence-corrected chi connectivity index (χ2v) is 4.98. The van der Waals surface area contributed by atoms with Crippen molar-refractivity contribution in [3.8, 4) is 0 Å². The van der Waals surface area contributed by atoms with Crippen LogP contribution in [0.5, 0.6) is 0 Å². The third-order valence-corrected chi connectivity index (χ3v) is 3.03. The summed E-state index contributed by atoms with van der Waals surface area (Å²) < 4.78 is 7.19. The van der Waals surface area contributed by atoms with Crippen LogP contribution in [0.4, 0.5) is 5.95 Å². The van der Waals surface area contributed by atoms with Crippen molar-refractivity contribution in [2.45, 2.75) is 33.3 Å². The van der Waals surface area contributed by atoms with Crippen LogP contribution in [0.1, 0.15) is 36.6 Å². The van der Waals surface area contributed by atoms with Crippen LogP contribution in [-0.2, 0) is 11.3 Å². The van der Waals surface area contributed by atoms with Gasteiger partial charge in [-0.25, -0.2) is 9.66 Å². The number of ether oxygens (including phenoxy) is 1. The van der Waals surface area contributed by atoms with E-state index in [-0.39, 0.29) is 0 Å². The molecule has 0 fully saturated rings. The van der Waals surface area contributed by atoms with E-state index < -0.39 is 0 Å². The van der Waals surface area contributed by atoms with E-state index in [0.717, 1.165) is 36.3 Å². The molecule has 0 bridgehead atoms. The average molecular weight is 286 g/mol. The topological polar surface area (TPSA) is 65.4 Å². The molecule has 0 aliphatic heterocycles. The average Bonchev–Trinajstić information content (AvgIpc) is 2.80. The summed E-state index contributed by atoms with van der Waals surface area (Å²) in [5, 5.41) is 4.31. The van der Waals surface area contributed by atoms with Crippen LogP contribution in [-0.4, -0.2) is 22.5 Å². The van der Waals surface area contributed by atoms with E-state index in [0.29, 0.717) is 12.6 Å². The van der Waals surface area contributed by atoms with Gasteiger partial charge in [0.15, 0.2) is 0 Å². The molecule has 5 heteroatoms. The molecular weight excluding hydrogens is 264 g/mol. The fraction of sp³-hybridized carbons (Fsp3) is 0.375. The van der Waals surface area contributed by atoms with E-state index in [2.05, 4.69) is 29.1 Å². The molecule has 1 heterocycles. The highest BCUT2D eigenvalue weighted by Gasteiger charge is 1.99. The standard InChI is InChI=1S/C16H22N4O/c1-3-4-8-21-12-15-7-5-6-14(9-15)10-18-20-11-13(2)19-16(20)17/h5-7,9-11H,3-4,8,12H2,1-2H3,(H2,17,19). The number of imidazole rings is 1. The Morgan fingerprint density at radius 2 is 2.29 bits per heavy atom. The number of benzene rings is 1. The molecule has 2 rings (SSSR count). The highest BCUT2D eigenvalue weighted by molar-refractivity contribution is 5.79. The summed E-state index contributed by atoms with van der Waals surface area (Å²) in [5.41, 5.74) is 8.75. The van der Waals surface area contributed by atoms with Crippen molar-refractivity contribution in [3.05, 3.63) is 47.3 Å². The molecule has 0 radical (unpaired) electrons. The lowest BCUT2D eigenvalue weighted by Gasteiger charge is -2.04. The molecule has 112 valence electrons. The molecule has 0 amide bonds. The normalized spacial score (nSPS) is 11.3. The number of nitrogens with two attached hydrogens (primary N) is 1. The Hall–Kier alpha value is -2.14.